The van der Waals surface area contributed by atoms with Crippen LogP contribution in [0.15, 0.2) is 24.3 Å². The molecule has 0 bridgehead atoms. The lowest BCUT2D eigenvalue weighted by Gasteiger charge is -2.31. The second-order valence-electron chi connectivity index (χ2n) is 6.92. The van der Waals surface area contributed by atoms with Gasteiger partial charge in [0.05, 0.1) is 0 Å². The first kappa shape index (κ1) is 19.8. The van der Waals surface area contributed by atoms with Gasteiger partial charge >= 0.3 is 0 Å². The first-order valence-electron chi connectivity index (χ1n) is 9.35. The predicted molar refractivity (Wildman–Crippen MR) is 101 cm³/mol. The normalized spacial score (nSPS) is 16.3. The van der Waals surface area contributed by atoms with Gasteiger partial charge in [0.25, 0.3) is 0 Å². The Kier molecular flexibility index (Phi) is 7.76. The van der Waals surface area contributed by atoms with Crippen LogP contribution in [0.3, 0.4) is 0 Å². The van der Waals surface area contributed by atoms with E-state index in [2.05, 4.69) is 5.32 Å². The molecule has 138 valence electrons. The quantitative estimate of drug-likeness (QED) is 0.783. The maximum Gasteiger partial charge on any atom is 0.242 e. The van der Waals surface area contributed by atoms with Crippen molar-refractivity contribution in [1.82, 2.24) is 10.2 Å². The zero-order valence-corrected chi connectivity index (χ0v) is 16.0. The third-order valence-electron chi connectivity index (χ3n) is 4.85. The number of amides is 2. The molecule has 1 fully saturated rings. The summed E-state index contributed by atoms with van der Waals surface area (Å²) in [6, 6.07) is 7.21. The van der Waals surface area contributed by atoms with Crippen LogP contribution in [-0.4, -0.2) is 28.8 Å². The summed E-state index contributed by atoms with van der Waals surface area (Å²) in [5.74, 6) is -0.0333. The van der Waals surface area contributed by atoms with Gasteiger partial charge in [-0.15, -0.1) is 0 Å². The number of nitrogens with zero attached hydrogens (tertiary/aromatic N) is 1. The molecule has 0 saturated heterocycles. The average molecular weight is 365 g/mol. The lowest BCUT2D eigenvalue weighted by molar-refractivity contribution is -0.141. The molecule has 1 aliphatic carbocycles. The molecule has 1 aromatic carbocycles. The topological polar surface area (TPSA) is 49.4 Å². The molecule has 0 unspecified atom stereocenters. The molecule has 1 saturated carbocycles. The van der Waals surface area contributed by atoms with E-state index in [0.29, 0.717) is 18.0 Å². The number of nitrogens with one attached hydrogen (secondary N) is 1. The third kappa shape index (κ3) is 6.03. The summed E-state index contributed by atoms with van der Waals surface area (Å²) in [4.78, 5) is 26.9. The molecule has 1 aliphatic rings. The van der Waals surface area contributed by atoms with Crippen LogP contribution in [-0.2, 0) is 16.1 Å². The van der Waals surface area contributed by atoms with Gasteiger partial charge in [0, 0.05) is 24.0 Å². The van der Waals surface area contributed by atoms with E-state index in [1.165, 1.54) is 19.3 Å². The number of hydrogen-bond donors (Lipinski definition) is 1. The zero-order valence-electron chi connectivity index (χ0n) is 15.3. The van der Waals surface area contributed by atoms with Gasteiger partial charge in [-0.25, -0.2) is 0 Å². The standard InChI is InChI=1S/C20H29ClN2O2/c1-3-7-19(24)23(14-16-10-12-17(21)13-11-16)15(2)20(25)22-18-8-5-4-6-9-18/h10-13,15,18H,3-9,14H2,1-2H3,(H,22,25)/t15-/m0/s1. The number of halogens is 1. The van der Waals surface area contributed by atoms with Crippen molar-refractivity contribution in [3.05, 3.63) is 34.9 Å². The lowest BCUT2D eigenvalue weighted by atomic mass is 9.95. The molecule has 5 heteroatoms. The highest BCUT2D eigenvalue weighted by Crippen LogP contribution is 2.19. The molecule has 2 amide bonds. The average Bonchev–Trinajstić information content (AvgIpc) is 2.61. The third-order valence-corrected chi connectivity index (χ3v) is 5.10. The minimum absolute atomic E-state index is 0.0174. The molecule has 4 nitrogen and oxygen atoms in total. The van der Waals surface area contributed by atoms with Gasteiger partial charge < -0.3 is 10.2 Å². The summed E-state index contributed by atoms with van der Waals surface area (Å²) in [6.07, 6.45) is 6.89. The van der Waals surface area contributed by atoms with Crippen molar-refractivity contribution < 1.29 is 9.59 Å². The largest absolute Gasteiger partial charge is 0.352 e. The van der Waals surface area contributed by atoms with E-state index in [4.69, 9.17) is 11.6 Å². The molecule has 25 heavy (non-hydrogen) atoms. The zero-order chi connectivity index (χ0) is 18.2. The van der Waals surface area contributed by atoms with Crippen molar-refractivity contribution in [1.29, 1.82) is 0 Å². The fraction of sp³-hybridized carbons (Fsp3) is 0.600. The van der Waals surface area contributed by atoms with E-state index in [9.17, 15) is 9.59 Å². The maximum atomic E-state index is 12.7. The van der Waals surface area contributed by atoms with Crippen LogP contribution in [0.1, 0.15) is 64.4 Å². The Morgan fingerprint density at radius 1 is 1.20 bits per heavy atom. The van der Waals surface area contributed by atoms with Crippen molar-refractivity contribution in [2.45, 2.75) is 77.4 Å². The van der Waals surface area contributed by atoms with E-state index in [1.807, 2.05) is 38.1 Å². The number of carbonyl (C=O) groups excluding carboxylic acids is 2. The molecule has 0 radical (unpaired) electrons. The summed E-state index contributed by atoms with van der Waals surface area (Å²) in [5.41, 5.74) is 0.978. The summed E-state index contributed by atoms with van der Waals surface area (Å²) < 4.78 is 0. The van der Waals surface area contributed by atoms with Gasteiger partial charge in [0.2, 0.25) is 11.8 Å². The van der Waals surface area contributed by atoms with Gasteiger partial charge in [-0.1, -0.05) is 49.9 Å². The monoisotopic (exact) mass is 364 g/mol. The highest BCUT2D eigenvalue weighted by Gasteiger charge is 2.27. The maximum absolute atomic E-state index is 12.7. The van der Waals surface area contributed by atoms with Crippen molar-refractivity contribution >= 4 is 23.4 Å². The van der Waals surface area contributed by atoms with Crippen LogP contribution < -0.4 is 5.32 Å². The van der Waals surface area contributed by atoms with E-state index in [1.54, 1.807) is 4.90 Å². The van der Waals surface area contributed by atoms with Gasteiger partial charge in [-0.05, 0) is 43.9 Å². The van der Waals surface area contributed by atoms with Crippen molar-refractivity contribution in [3.63, 3.8) is 0 Å². The van der Waals surface area contributed by atoms with Crippen LogP contribution in [0.25, 0.3) is 0 Å². The minimum Gasteiger partial charge on any atom is -0.352 e. The summed E-state index contributed by atoms with van der Waals surface area (Å²) in [7, 11) is 0. The fourth-order valence-electron chi connectivity index (χ4n) is 3.30. The number of hydrogen-bond acceptors (Lipinski definition) is 2. The van der Waals surface area contributed by atoms with Crippen LogP contribution in [0.2, 0.25) is 5.02 Å². The summed E-state index contributed by atoms with van der Waals surface area (Å²) in [6.45, 7) is 4.22. The fourth-order valence-corrected chi connectivity index (χ4v) is 3.42. The predicted octanol–water partition coefficient (Wildman–Crippen LogP) is 4.31. The Hall–Kier alpha value is -1.55. The van der Waals surface area contributed by atoms with Gasteiger partial charge in [0.1, 0.15) is 6.04 Å². The van der Waals surface area contributed by atoms with E-state index >= 15 is 0 Å². The van der Waals surface area contributed by atoms with Crippen LogP contribution in [0.5, 0.6) is 0 Å². The first-order valence-corrected chi connectivity index (χ1v) is 9.73. The Morgan fingerprint density at radius 2 is 1.84 bits per heavy atom. The lowest BCUT2D eigenvalue weighted by Crippen LogP contribution is -2.50. The highest BCUT2D eigenvalue weighted by molar-refractivity contribution is 6.30. The molecular weight excluding hydrogens is 336 g/mol. The number of benzene rings is 1. The molecule has 1 aromatic rings. The summed E-state index contributed by atoms with van der Waals surface area (Å²) in [5, 5.41) is 3.80. The Labute approximate surface area is 155 Å². The first-order chi connectivity index (χ1) is 12.0. The SMILES string of the molecule is CCCC(=O)N(Cc1ccc(Cl)cc1)[C@@H](C)C(=O)NC1CCCCC1. The highest BCUT2D eigenvalue weighted by atomic mass is 35.5. The second-order valence-corrected chi connectivity index (χ2v) is 7.35. The van der Waals surface area contributed by atoms with Gasteiger partial charge in [-0.2, -0.15) is 0 Å². The van der Waals surface area contributed by atoms with Crippen molar-refractivity contribution in [3.8, 4) is 0 Å². The molecule has 1 atom stereocenters. The molecule has 0 spiro atoms. The molecule has 1 N–H and O–H groups in total. The second kappa shape index (κ2) is 9.81. The molecule has 0 aromatic heterocycles. The Balaban J connectivity index is 2.05. The van der Waals surface area contributed by atoms with Crippen molar-refractivity contribution in [2.75, 3.05) is 0 Å². The molecule has 0 aliphatic heterocycles. The Bertz CT molecular complexity index is 568. The molecule has 0 heterocycles. The number of rotatable bonds is 7. The minimum atomic E-state index is -0.475. The van der Waals surface area contributed by atoms with Gasteiger partial charge in [-0.3, -0.25) is 9.59 Å². The molecule has 2 rings (SSSR count). The van der Waals surface area contributed by atoms with Crippen LogP contribution >= 0.6 is 11.6 Å². The van der Waals surface area contributed by atoms with Crippen LogP contribution in [0.4, 0.5) is 0 Å². The van der Waals surface area contributed by atoms with Crippen molar-refractivity contribution in [2.24, 2.45) is 0 Å². The van der Waals surface area contributed by atoms with Crippen LogP contribution in [0, 0.1) is 0 Å². The number of carbonyl (C=O) groups is 2. The smallest absolute Gasteiger partial charge is 0.242 e. The molecular formula is C20H29ClN2O2. The van der Waals surface area contributed by atoms with E-state index < -0.39 is 6.04 Å². The van der Waals surface area contributed by atoms with E-state index in [-0.39, 0.29) is 17.9 Å². The summed E-state index contributed by atoms with van der Waals surface area (Å²) >= 11 is 5.94. The Morgan fingerprint density at radius 3 is 2.44 bits per heavy atom. The van der Waals surface area contributed by atoms with E-state index in [0.717, 1.165) is 24.8 Å². The van der Waals surface area contributed by atoms with Gasteiger partial charge in [0.15, 0.2) is 0 Å².